The highest BCUT2D eigenvalue weighted by Crippen LogP contribution is 2.45. The van der Waals surface area contributed by atoms with Crippen LogP contribution in [-0.2, 0) is 16.8 Å². The van der Waals surface area contributed by atoms with Crippen LogP contribution in [0.25, 0.3) is 55.7 Å². The van der Waals surface area contributed by atoms with Crippen molar-refractivity contribution in [2.24, 2.45) is 0 Å². The Labute approximate surface area is 347 Å². The first-order valence-corrected chi connectivity index (χ1v) is 19.9. The van der Waals surface area contributed by atoms with E-state index >= 15 is 0 Å². The van der Waals surface area contributed by atoms with Gasteiger partial charge in [-0.05, 0) is 84.5 Å². The fourth-order valence-electron chi connectivity index (χ4n) is 8.03. The molecule has 3 heterocycles. The lowest BCUT2D eigenvalue weighted by Gasteiger charge is -2.37. The number of amides is 1. The average molecular weight is 787 g/mol. The van der Waals surface area contributed by atoms with Crippen molar-refractivity contribution in [1.82, 2.24) is 30.0 Å². The number of hydrogen-bond donors (Lipinski definition) is 2. The van der Waals surface area contributed by atoms with E-state index in [1.54, 1.807) is 12.4 Å². The van der Waals surface area contributed by atoms with Crippen molar-refractivity contribution in [3.05, 3.63) is 198 Å². The predicted octanol–water partition coefficient (Wildman–Crippen LogP) is 11.0. The molecule has 294 valence electrons. The molecule has 6 aromatic carbocycles. The third-order valence-electron chi connectivity index (χ3n) is 10.6. The maximum Gasteiger partial charge on any atom is 0.407 e. The number of fused-ring (bicyclic) bond motifs is 2. The van der Waals surface area contributed by atoms with E-state index in [9.17, 15) is 9.59 Å². The van der Waals surface area contributed by atoms with Gasteiger partial charge in [-0.25, -0.2) is 14.5 Å². The van der Waals surface area contributed by atoms with Crippen LogP contribution >= 0.6 is 0 Å². The first kappa shape index (κ1) is 37.9. The van der Waals surface area contributed by atoms with Gasteiger partial charge in [0, 0.05) is 41.0 Å². The summed E-state index contributed by atoms with van der Waals surface area (Å²) in [7, 11) is 0. The van der Waals surface area contributed by atoms with E-state index in [1.807, 2.05) is 75.4 Å². The predicted molar refractivity (Wildman–Crippen MR) is 237 cm³/mol. The summed E-state index contributed by atoms with van der Waals surface area (Å²) in [6, 6.07) is 53.7. The molecule has 9 heteroatoms. The van der Waals surface area contributed by atoms with Gasteiger partial charge in [0.1, 0.15) is 16.8 Å². The number of aldehydes is 1. The minimum Gasteiger partial charge on any atom is -0.444 e. The molecule has 1 amide bonds. The average Bonchev–Trinajstić information content (AvgIpc) is 3.89. The van der Waals surface area contributed by atoms with Crippen molar-refractivity contribution in [3.8, 4) is 33.8 Å². The Morgan fingerprint density at radius 2 is 1.38 bits per heavy atom. The Morgan fingerprint density at radius 1 is 0.717 bits per heavy atom. The van der Waals surface area contributed by atoms with Crippen molar-refractivity contribution in [2.45, 2.75) is 38.5 Å². The van der Waals surface area contributed by atoms with Crippen molar-refractivity contribution in [3.63, 3.8) is 0 Å². The number of nitrogens with one attached hydrogen (secondary N) is 2. The standard InChI is InChI=1S/C51H42N6O3/c1-50(2,3)60-49(59)53-31-34-15-13-16-37(27-34)42-23-14-24-44-46(42)55-48(54-44)47-43-29-36(38-28-35(33-58)30-52-32-38)25-26-45(43)57(56-47)51(39-17-7-4-8-18-39,40-19-9-5-10-20-40)41-21-11-6-12-22-41/h4-30,32-33H,31H2,1-3H3,(H,53,59)(H,54,55). The lowest BCUT2D eigenvalue weighted by Crippen LogP contribution is -2.38. The summed E-state index contributed by atoms with van der Waals surface area (Å²) in [6.07, 6.45) is 3.67. The summed E-state index contributed by atoms with van der Waals surface area (Å²) in [4.78, 5) is 37.6. The van der Waals surface area contributed by atoms with Gasteiger partial charge in [0.25, 0.3) is 0 Å². The zero-order valence-corrected chi connectivity index (χ0v) is 33.5. The van der Waals surface area contributed by atoms with Crippen molar-refractivity contribution < 1.29 is 14.3 Å². The van der Waals surface area contributed by atoms with Gasteiger partial charge < -0.3 is 15.0 Å². The van der Waals surface area contributed by atoms with E-state index in [-0.39, 0.29) is 0 Å². The Kier molecular flexibility index (Phi) is 9.85. The number of benzene rings is 6. The number of carbonyl (C=O) groups is 2. The minimum atomic E-state index is -0.897. The highest BCUT2D eigenvalue weighted by Gasteiger charge is 2.41. The van der Waals surface area contributed by atoms with Gasteiger partial charge in [-0.1, -0.05) is 127 Å². The molecule has 0 aliphatic heterocycles. The summed E-state index contributed by atoms with van der Waals surface area (Å²) >= 11 is 0. The lowest BCUT2D eigenvalue weighted by atomic mass is 9.77. The normalized spacial score (nSPS) is 11.8. The van der Waals surface area contributed by atoms with Gasteiger partial charge in [0.05, 0.1) is 16.6 Å². The molecule has 9 nitrogen and oxygen atoms in total. The van der Waals surface area contributed by atoms with Crippen LogP contribution < -0.4 is 5.32 Å². The van der Waals surface area contributed by atoms with Gasteiger partial charge in [0.2, 0.25) is 0 Å². The van der Waals surface area contributed by atoms with Crippen molar-refractivity contribution >= 4 is 34.3 Å². The molecule has 0 aliphatic carbocycles. The second-order valence-electron chi connectivity index (χ2n) is 15.8. The number of rotatable bonds is 10. The first-order valence-electron chi connectivity index (χ1n) is 19.9. The number of hydrogen-bond acceptors (Lipinski definition) is 6. The third kappa shape index (κ3) is 7.11. The summed E-state index contributed by atoms with van der Waals surface area (Å²) in [5.74, 6) is 0.601. The number of aromatic nitrogens is 5. The summed E-state index contributed by atoms with van der Waals surface area (Å²) in [5.41, 5.74) is 9.83. The molecule has 9 rings (SSSR count). The number of aromatic amines is 1. The molecular formula is C51H42N6O3. The Hall–Kier alpha value is -7.65. The van der Waals surface area contributed by atoms with E-state index in [0.717, 1.165) is 72.7 Å². The number of nitrogens with zero attached hydrogens (tertiary/aromatic N) is 4. The molecule has 0 radical (unpaired) electrons. The minimum absolute atomic E-state index is 0.313. The molecule has 0 saturated heterocycles. The van der Waals surface area contributed by atoms with Crippen LogP contribution in [0.3, 0.4) is 0 Å². The van der Waals surface area contributed by atoms with Gasteiger partial charge in [-0.2, -0.15) is 5.10 Å². The summed E-state index contributed by atoms with van der Waals surface area (Å²) in [5, 5.41) is 9.35. The number of para-hydroxylation sites is 1. The SMILES string of the molecule is CC(C)(C)OC(=O)NCc1cccc(-c2cccc3[nH]c(-c4nn(C(c5ccccc5)(c5ccccc5)c5ccccc5)c5ccc(-c6cncc(C=O)c6)cc45)nc23)c1. The molecule has 0 bridgehead atoms. The number of imidazole rings is 1. The van der Waals surface area contributed by atoms with Crippen molar-refractivity contribution in [2.75, 3.05) is 0 Å². The second kappa shape index (κ2) is 15.6. The quantitative estimate of drug-likeness (QED) is 0.105. The fraction of sp³-hybridized carbons (Fsp3) is 0.118. The molecule has 0 unspecified atom stereocenters. The molecule has 0 spiro atoms. The van der Waals surface area contributed by atoms with Crippen LogP contribution in [-0.4, -0.2) is 42.7 Å². The molecule has 0 fully saturated rings. The summed E-state index contributed by atoms with van der Waals surface area (Å²) in [6.45, 7) is 5.84. The Balaban J connectivity index is 1.26. The monoisotopic (exact) mass is 786 g/mol. The zero-order valence-electron chi connectivity index (χ0n) is 33.5. The van der Waals surface area contributed by atoms with Gasteiger partial charge >= 0.3 is 6.09 Å². The number of H-pyrrole nitrogens is 1. The lowest BCUT2D eigenvalue weighted by molar-refractivity contribution is 0.0523. The number of pyridine rings is 1. The highest BCUT2D eigenvalue weighted by atomic mass is 16.6. The zero-order chi connectivity index (χ0) is 41.3. The largest absolute Gasteiger partial charge is 0.444 e. The molecule has 0 atom stereocenters. The molecule has 2 N–H and O–H groups in total. The van der Waals surface area contributed by atoms with Crippen molar-refractivity contribution in [1.29, 1.82) is 0 Å². The molecule has 0 saturated carbocycles. The number of alkyl carbamates (subject to hydrolysis) is 1. The van der Waals surface area contributed by atoms with E-state index < -0.39 is 17.2 Å². The molecular weight excluding hydrogens is 745 g/mol. The van der Waals surface area contributed by atoms with Crippen LogP contribution in [0.2, 0.25) is 0 Å². The van der Waals surface area contributed by atoms with Crippen LogP contribution in [0.4, 0.5) is 4.79 Å². The second-order valence-corrected chi connectivity index (χ2v) is 15.8. The van der Waals surface area contributed by atoms with Gasteiger partial charge in [-0.3, -0.25) is 9.78 Å². The van der Waals surface area contributed by atoms with Crippen LogP contribution in [0.15, 0.2) is 170 Å². The first-order chi connectivity index (χ1) is 29.2. The summed E-state index contributed by atoms with van der Waals surface area (Å²) < 4.78 is 7.59. The maximum atomic E-state index is 12.5. The highest BCUT2D eigenvalue weighted by molar-refractivity contribution is 5.99. The molecule has 3 aromatic heterocycles. The third-order valence-corrected chi connectivity index (χ3v) is 10.6. The van der Waals surface area contributed by atoms with Gasteiger partial charge in [-0.15, -0.1) is 0 Å². The van der Waals surface area contributed by atoms with Crippen LogP contribution in [0, 0.1) is 0 Å². The van der Waals surface area contributed by atoms with E-state index in [0.29, 0.717) is 23.6 Å². The van der Waals surface area contributed by atoms with Crippen LogP contribution in [0.1, 0.15) is 53.4 Å². The number of carbonyl (C=O) groups excluding carboxylic acids is 2. The van der Waals surface area contributed by atoms with Crippen LogP contribution in [0.5, 0.6) is 0 Å². The van der Waals surface area contributed by atoms with E-state index in [1.165, 1.54) is 0 Å². The molecule has 0 aliphatic rings. The van der Waals surface area contributed by atoms with E-state index in [2.05, 4.69) is 123 Å². The Bertz CT molecular complexity index is 2890. The van der Waals surface area contributed by atoms with Gasteiger partial charge in [0.15, 0.2) is 12.1 Å². The fourth-order valence-corrected chi connectivity index (χ4v) is 8.03. The smallest absolute Gasteiger partial charge is 0.407 e. The molecule has 60 heavy (non-hydrogen) atoms. The Morgan fingerprint density at radius 3 is 2.03 bits per heavy atom. The number of ether oxygens (including phenoxy) is 1. The van der Waals surface area contributed by atoms with E-state index in [4.69, 9.17) is 14.8 Å². The maximum absolute atomic E-state index is 12.5. The topological polar surface area (TPSA) is 115 Å². The molecule has 9 aromatic rings.